The number of hydrogen-bond acceptors (Lipinski definition) is 8. The third kappa shape index (κ3) is 49.2. The fourth-order valence-electron chi connectivity index (χ4n) is 7.12. The van der Waals surface area contributed by atoms with Crippen LogP contribution >= 0.6 is 7.82 Å². The molecule has 0 rings (SSSR count). The first-order chi connectivity index (χ1) is 30.5. The number of likely N-dealkylation sites (N-methyl/N-ethyl adjacent to an activating group) is 1. The molecule has 9 nitrogen and oxygen atoms in total. The summed E-state index contributed by atoms with van der Waals surface area (Å²) < 4.78 is 34.0. The lowest BCUT2D eigenvalue weighted by Crippen LogP contribution is -2.37. The average Bonchev–Trinajstić information content (AvgIpc) is 3.24. The molecule has 0 spiro atoms. The topological polar surface area (TPSA) is 111 Å². The maximum absolute atomic E-state index is 12.7. The summed E-state index contributed by atoms with van der Waals surface area (Å²) in [4.78, 5) is 37.7. The molecule has 0 bridgehead atoms. The normalized spacial score (nSPS) is 13.8. The number of nitrogens with zero attached hydrogens (tertiary/aromatic N) is 1. The molecule has 0 N–H and O–H groups in total. The molecular formula is C53H98NO8P. The predicted octanol–water partition coefficient (Wildman–Crippen LogP) is 14.8. The van der Waals surface area contributed by atoms with Crippen LogP contribution in [0.2, 0.25) is 0 Å². The van der Waals surface area contributed by atoms with Crippen molar-refractivity contribution < 1.29 is 42.1 Å². The van der Waals surface area contributed by atoms with Crippen molar-refractivity contribution in [2.45, 2.75) is 232 Å². The number of ether oxygens (including phenoxy) is 2. The highest BCUT2D eigenvalue weighted by atomic mass is 31.2. The van der Waals surface area contributed by atoms with Crippen molar-refractivity contribution in [1.29, 1.82) is 0 Å². The number of hydrogen-bond donors (Lipinski definition) is 0. The van der Waals surface area contributed by atoms with Gasteiger partial charge in [-0.05, 0) is 51.4 Å². The molecule has 0 fully saturated rings. The summed E-state index contributed by atoms with van der Waals surface area (Å²) in [5.74, 6) is -0.843. The van der Waals surface area contributed by atoms with Crippen LogP contribution in [0, 0.1) is 0 Å². The van der Waals surface area contributed by atoms with E-state index in [1.54, 1.807) is 0 Å². The molecule has 0 aliphatic carbocycles. The van der Waals surface area contributed by atoms with Crippen molar-refractivity contribution in [2.24, 2.45) is 0 Å². The monoisotopic (exact) mass is 908 g/mol. The number of carbonyl (C=O) groups is 2. The van der Waals surface area contributed by atoms with Crippen molar-refractivity contribution in [1.82, 2.24) is 0 Å². The van der Waals surface area contributed by atoms with Gasteiger partial charge in [-0.2, -0.15) is 0 Å². The number of esters is 2. The Morgan fingerprint density at radius 1 is 0.508 bits per heavy atom. The van der Waals surface area contributed by atoms with E-state index >= 15 is 0 Å². The van der Waals surface area contributed by atoms with Gasteiger partial charge >= 0.3 is 11.9 Å². The minimum Gasteiger partial charge on any atom is -0.756 e. The van der Waals surface area contributed by atoms with E-state index < -0.39 is 26.5 Å². The summed E-state index contributed by atoms with van der Waals surface area (Å²) in [5, 5.41) is 0. The van der Waals surface area contributed by atoms with Crippen molar-refractivity contribution in [3.63, 3.8) is 0 Å². The second-order valence-corrected chi connectivity index (χ2v) is 19.9. The van der Waals surface area contributed by atoms with Crippen molar-refractivity contribution in [3.8, 4) is 0 Å². The lowest BCUT2D eigenvalue weighted by Gasteiger charge is -2.28. The Kier molecular flexibility index (Phi) is 43.7. The summed E-state index contributed by atoms with van der Waals surface area (Å²) >= 11 is 0. The summed E-state index contributed by atoms with van der Waals surface area (Å²) in [5.41, 5.74) is 0. The molecule has 0 aliphatic heterocycles. The number of quaternary nitrogens is 1. The van der Waals surface area contributed by atoms with E-state index in [4.69, 9.17) is 18.5 Å². The minimum atomic E-state index is -4.63. The first-order valence-corrected chi connectivity index (χ1v) is 27.3. The van der Waals surface area contributed by atoms with Crippen molar-refractivity contribution >= 4 is 19.8 Å². The zero-order valence-electron chi connectivity index (χ0n) is 41.5. The van der Waals surface area contributed by atoms with E-state index in [9.17, 15) is 19.0 Å². The average molecular weight is 908 g/mol. The van der Waals surface area contributed by atoms with Gasteiger partial charge in [-0.3, -0.25) is 14.2 Å². The first kappa shape index (κ1) is 61.0. The Balaban J connectivity index is 4.25. The smallest absolute Gasteiger partial charge is 0.306 e. The molecule has 2 unspecified atom stereocenters. The first-order valence-electron chi connectivity index (χ1n) is 25.8. The van der Waals surface area contributed by atoms with Crippen LogP contribution in [0.25, 0.3) is 0 Å². The highest BCUT2D eigenvalue weighted by molar-refractivity contribution is 7.45. The summed E-state index contributed by atoms with van der Waals surface area (Å²) in [6.07, 6.45) is 54.2. The zero-order valence-corrected chi connectivity index (χ0v) is 42.4. The van der Waals surface area contributed by atoms with Gasteiger partial charge in [0.05, 0.1) is 27.7 Å². The Hall–Kier alpha value is -2.03. The number of rotatable bonds is 47. The van der Waals surface area contributed by atoms with Crippen LogP contribution in [0.5, 0.6) is 0 Å². The van der Waals surface area contributed by atoms with Gasteiger partial charge < -0.3 is 27.9 Å². The maximum Gasteiger partial charge on any atom is 0.306 e. The fourth-order valence-corrected chi connectivity index (χ4v) is 7.85. The molecule has 0 heterocycles. The van der Waals surface area contributed by atoms with Gasteiger partial charge in [-0.15, -0.1) is 0 Å². The van der Waals surface area contributed by atoms with Gasteiger partial charge in [0.15, 0.2) is 6.10 Å². The maximum atomic E-state index is 12.7. The second kappa shape index (κ2) is 45.1. The Bertz CT molecular complexity index is 1210. The molecule has 368 valence electrons. The molecule has 0 aromatic rings. The van der Waals surface area contributed by atoms with Crippen LogP contribution in [0.1, 0.15) is 226 Å². The third-order valence-corrected chi connectivity index (χ3v) is 12.1. The van der Waals surface area contributed by atoms with Gasteiger partial charge in [-0.25, -0.2) is 0 Å². The van der Waals surface area contributed by atoms with Crippen LogP contribution in [-0.2, 0) is 32.7 Å². The Morgan fingerprint density at radius 2 is 0.905 bits per heavy atom. The number of allylic oxidation sites excluding steroid dienone is 8. The molecule has 0 aromatic heterocycles. The van der Waals surface area contributed by atoms with E-state index in [0.717, 1.165) is 83.5 Å². The third-order valence-electron chi connectivity index (χ3n) is 11.1. The summed E-state index contributed by atoms with van der Waals surface area (Å²) in [6, 6.07) is 0. The lowest BCUT2D eigenvalue weighted by atomic mass is 10.0. The van der Waals surface area contributed by atoms with Crippen LogP contribution in [0.15, 0.2) is 48.6 Å². The van der Waals surface area contributed by atoms with Crippen LogP contribution in [0.3, 0.4) is 0 Å². The van der Waals surface area contributed by atoms with Gasteiger partial charge in [0.1, 0.15) is 19.8 Å². The minimum absolute atomic E-state index is 0.0341. The van der Waals surface area contributed by atoms with Gasteiger partial charge in [0.25, 0.3) is 7.82 Å². The van der Waals surface area contributed by atoms with E-state index in [0.29, 0.717) is 17.4 Å². The van der Waals surface area contributed by atoms with Crippen molar-refractivity contribution in [2.75, 3.05) is 47.5 Å². The summed E-state index contributed by atoms with van der Waals surface area (Å²) in [6.45, 7) is 4.13. The molecule has 0 saturated heterocycles. The van der Waals surface area contributed by atoms with E-state index in [2.05, 4.69) is 62.5 Å². The predicted molar refractivity (Wildman–Crippen MR) is 264 cm³/mol. The van der Waals surface area contributed by atoms with Crippen LogP contribution in [-0.4, -0.2) is 70.0 Å². The Labute approximate surface area is 388 Å². The lowest BCUT2D eigenvalue weighted by molar-refractivity contribution is -0.870. The second-order valence-electron chi connectivity index (χ2n) is 18.5. The molecule has 0 amide bonds. The molecule has 0 saturated carbocycles. The SMILES string of the molecule is CC/C=C\C/C=C\C/C=C\C/C=C\CCCCCCCCC(=O)OC(COC(=O)CCCCCCCCCCCCCCCCCCCCCC)COP(=O)([O-])OCC[N+](C)(C)C. The molecule has 2 atom stereocenters. The largest absolute Gasteiger partial charge is 0.756 e. The van der Waals surface area contributed by atoms with Crippen LogP contribution in [0.4, 0.5) is 0 Å². The number of phosphoric acid groups is 1. The number of carbonyl (C=O) groups excluding carboxylic acids is 2. The highest BCUT2D eigenvalue weighted by Gasteiger charge is 2.21. The van der Waals surface area contributed by atoms with Crippen LogP contribution < -0.4 is 4.89 Å². The molecule has 10 heteroatoms. The molecule has 63 heavy (non-hydrogen) atoms. The zero-order chi connectivity index (χ0) is 46.4. The molecule has 0 aromatic carbocycles. The number of phosphoric ester groups is 1. The van der Waals surface area contributed by atoms with E-state index in [1.165, 1.54) is 109 Å². The highest BCUT2D eigenvalue weighted by Crippen LogP contribution is 2.38. The standard InChI is InChI=1S/C53H98NO8P/c1-6-8-10-12-14-16-18-20-22-24-26-28-29-31-33-35-37-39-41-43-45-52(55)59-49-51(50-61-63(57,58)60-48-47-54(3,4)5)62-53(56)46-44-42-40-38-36-34-32-30-27-25-23-21-19-17-15-13-11-9-7-2/h9,11,15,17,21,23,27,30,51H,6-8,10,12-14,16,18-20,22,24-26,28-29,31-50H2,1-5H3/b11-9-,17-15-,23-21-,30-27-. The van der Waals surface area contributed by atoms with Gasteiger partial charge in [0.2, 0.25) is 0 Å². The number of unbranched alkanes of at least 4 members (excludes halogenated alkanes) is 25. The van der Waals surface area contributed by atoms with Crippen molar-refractivity contribution in [3.05, 3.63) is 48.6 Å². The molecule has 0 aliphatic rings. The van der Waals surface area contributed by atoms with Gasteiger partial charge in [-0.1, -0.05) is 210 Å². The quantitative estimate of drug-likeness (QED) is 0.0195. The summed E-state index contributed by atoms with van der Waals surface area (Å²) in [7, 11) is 1.16. The van der Waals surface area contributed by atoms with Gasteiger partial charge in [0, 0.05) is 12.8 Å². The van der Waals surface area contributed by atoms with E-state index in [-0.39, 0.29) is 32.0 Å². The Morgan fingerprint density at radius 3 is 1.35 bits per heavy atom. The van der Waals surface area contributed by atoms with E-state index in [1.807, 2.05) is 21.1 Å². The molecule has 0 radical (unpaired) electrons. The fraction of sp³-hybridized carbons (Fsp3) is 0.811. The molecular weight excluding hydrogens is 810 g/mol.